The monoisotopic (exact) mass is 267 g/mol. The number of aliphatic carboxylic acids is 1. The van der Waals surface area contributed by atoms with Gasteiger partial charge < -0.3 is 10.0 Å². The molecule has 0 bridgehead atoms. The Morgan fingerprint density at radius 2 is 2.17 bits per heavy atom. The molecule has 2 rings (SSSR count). The van der Waals surface area contributed by atoms with Crippen LogP contribution in [0.2, 0.25) is 0 Å². The highest BCUT2D eigenvalue weighted by molar-refractivity contribution is 7.12. The first kappa shape index (κ1) is 12.8. The van der Waals surface area contributed by atoms with Crippen LogP contribution >= 0.6 is 11.3 Å². The molecule has 96 valence electrons. The van der Waals surface area contributed by atoms with Crippen molar-refractivity contribution in [3.8, 4) is 0 Å². The number of carbonyl (C=O) groups excluding carboxylic acids is 2. The van der Waals surface area contributed by atoms with Gasteiger partial charge in [-0.25, -0.2) is 4.79 Å². The number of likely N-dealkylation sites (tertiary alicyclic amines) is 1. The van der Waals surface area contributed by atoms with Crippen molar-refractivity contribution in [2.45, 2.75) is 25.8 Å². The number of nitrogens with zero attached hydrogens (tertiary/aromatic N) is 1. The lowest BCUT2D eigenvalue weighted by Gasteiger charge is -2.20. The molecular weight excluding hydrogens is 254 g/mol. The fourth-order valence-electron chi connectivity index (χ4n) is 2.04. The van der Waals surface area contributed by atoms with Gasteiger partial charge in [0.15, 0.2) is 5.78 Å². The van der Waals surface area contributed by atoms with Crippen molar-refractivity contribution in [3.05, 3.63) is 21.9 Å². The van der Waals surface area contributed by atoms with Gasteiger partial charge in [-0.2, -0.15) is 0 Å². The lowest BCUT2D eigenvalue weighted by molar-refractivity contribution is -0.141. The molecule has 0 aromatic carbocycles. The second kappa shape index (κ2) is 4.89. The summed E-state index contributed by atoms with van der Waals surface area (Å²) < 4.78 is 0. The van der Waals surface area contributed by atoms with E-state index in [9.17, 15) is 14.4 Å². The molecule has 18 heavy (non-hydrogen) atoms. The Labute approximate surface area is 108 Å². The average Bonchev–Trinajstić information content (AvgIpc) is 2.97. The molecule has 0 radical (unpaired) electrons. The Kier molecular flexibility index (Phi) is 3.47. The molecule has 1 aromatic rings. The fraction of sp³-hybridized carbons (Fsp3) is 0.417. The molecular formula is C12H13NO4S. The van der Waals surface area contributed by atoms with E-state index in [2.05, 4.69) is 0 Å². The number of thiophene rings is 1. The summed E-state index contributed by atoms with van der Waals surface area (Å²) in [4.78, 5) is 36.1. The lowest BCUT2D eigenvalue weighted by Crippen LogP contribution is -2.40. The lowest BCUT2D eigenvalue weighted by atomic mass is 10.2. The molecule has 1 saturated heterocycles. The van der Waals surface area contributed by atoms with E-state index in [1.54, 1.807) is 5.38 Å². The van der Waals surface area contributed by atoms with Gasteiger partial charge in [0, 0.05) is 17.5 Å². The molecule has 1 amide bonds. The predicted molar refractivity (Wildman–Crippen MR) is 66.0 cm³/mol. The SMILES string of the molecule is CC(=O)c1csc(C(=O)N2CCCC2C(=O)O)c1. The quantitative estimate of drug-likeness (QED) is 0.845. The van der Waals surface area contributed by atoms with Crippen LogP contribution in [0.3, 0.4) is 0 Å². The number of hydrogen-bond donors (Lipinski definition) is 1. The van der Waals surface area contributed by atoms with Crippen LogP contribution < -0.4 is 0 Å². The first-order valence-corrected chi connectivity index (χ1v) is 6.52. The number of carboxylic acid groups (broad SMARTS) is 1. The van der Waals surface area contributed by atoms with Crippen molar-refractivity contribution in [2.75, 3.05) is 6.54 Å². The van der Waals surface area contributed by atoms with Crippen LogP contribution in [-0.4, -0.2) is 40.3 Å². The Bertz CT molecular complexity index is 508. The number of amides is 1. The zero-order chi connectivity index (χ0) is 13.3. The van der Waals surface area contributed by atoms with Gasteiger partial charge >= 0.3 is 5.97 Å². The highest BCUT2D eigenvalue weighted by atomic mass is 32.1. The minimum atomic E-state index is -0.968. The van der Waals surface area contributed by atoms with Crippen LogP contribution in [0, 0.1) is 0 Å². The van der Waals surface area contributed by atoms with Crippen LogP contribution in [0.25, 0.3) is 0 Å². The van der Waals surface area contributed by atoms with E-state index in [4.69, 9.17) is 5.11 Å². The van der Waals surface area contributed by atoms with Gasteiger partial charge in [0.05, 0.1) is 4.88 Å². The van der Waals surface area contributed by atoms with E-state index in [1.807, 2.05) is 0 Å². The second-order valence-corrected chi connectivity index (χ2v) is 5.16. The van der Waals surface area contributed by atoms with Crippen molar-refractivity contribution in [1.29, 1.82) is 0 Å². The summed E-state index contributed by atoms with van der Waals surface area (Å²) >= 11 is 1.18. The number of hydrogen-bond acceptors (Lipinski definition) is 4. The molecule has 1 atom stereocenters. The van der Waals surface area contributed by atoms with Crippen LogP contribution in [-0.2, 0) is 4.79 Å². The van der Waals surface area contributed by atoms with Crippen LogP contribution in [0.15, 0.2) is 11.4 Å². The van der Waals surface area contributed by atoms with Gasteiger partial charge in [-0.1, -0.05) is 0 Å². The van der Waals surface area contributed by atoms with Crippen LogP contribution in [0.1, 0.15) is 39.8 Å². The van der Waals surface area contributed by atoms with Crippen molar-refractivity contribution in [1.82, 2.24) is 4.90 Å². The van der Waals surface area contributed by atoms with Crippen molar-refractivity contribution >= 4 is 29.0 Å². The van der Waals surface area contributed by atoms with Gasteiger partial charge in [-0.05, 0) is 25.8 Å². The Hall–Kier alpha value is -1.69. The van der Waals surface area contributed by atoms with E-state index in [0.717, 1.165) is 0 Å². The third-order valence-electron chi connectivity index (χ3n) is 3.02. The normalized spacial score (nSPS) is 18.9. The van der Waals surface area contributed by atoms with E-state index in [0.29, 0.717) is 29.8 Å². The molecule has 1 aromatic heterocycles. The van der Waals surface area contributed by atoms with Crippen molar-refractivity contribution < 1.29 is 19.5 Å². The zero-order valence-electron chi connectivity index (χ0n) is 9.88. The predicted octanol–water partition coefficient (Wildman–Crippen LogP) is 1.64. The molecule has 0 saturated carbocycles. The molecule has 1 aliphatic heterocycles. The molecule has 6 heteroatoms. The molecule has 1 unspecified atom stereocenters. The molecule has 1 aliphatic rings. The Morgan fingerprint density at radius 1 is 1.44 bits per heavy atom. The smallest absolute Gasteiger partial charge is 0.326 e. The third-order valence-corrected chi connectivity index (χ3v) is 3.93. The molecule has 5 nitrogen and oxygen atoms in total. The summed E-state index contributed by atoms with van der Waals surface area (Å²) in [5.41, 5.74) is 0.495. The van der Waals surface area contributed by atoms with Gasteiger partial charge in [-0.15, -0.1) is 11.3 Å². The molecule has 0 aliphatic carbocycles. The van der Waals surface area contributed by atoms with E-state index in [1.165, 1.54) is 29.2 Å². The third kappa shape index (κ3) is 2.28. The van der Waals surface area contributed by atoms with Crippen LogP contribution in [0.4, 0.5) is 0 Å². The van der Waals surface area contributed by atoms with Gasteiger partial charge in [0.1, 0.15) is 6.04 Å². The fourth-order valence-corrected chi connectivity index (χ4v) is 2.94. The van der Waals surface area contributed by atoms with Gasteiger partial charge in [-0.3, -0.25) is 9.59 Å². The first-order valence-electron chi connectivity index (χ1n) is 5.64. The molecule has 1 N–H and O–H groups in total. The summed E-state index contributed by atoms with van der Waals surface area (Å²) in [5.74, 6) is -1.36. The highest BCUT2D eigenvalue weighted by Crippen LogP contribution is 2.23. The molecule has 2 heterocycles. The molecule has 1 fully saturated rings. The van der Waals surface area contributed by atoms with E-state index in [-0.39, 0.29) is 11.7 Å². The maximum Gasteiger partial charge on any atom is 0.326 e. The summed E-state index contributed by atoms with van der Waals surface area (Å²) in [6.07, 6.45) is 1.19. The topological polar surface area (TPSA) is 74.7 Å². The number of Topliss-reactive ketones (excluding diaryl/α,β-unsaturated/α-hetero) is 1. The summed E-state index contributed by atoms with van der Waals surface area (Å²) in [5, 5.41) is 10.7. The van der Waals surface area contributed by atoms with Gasteiger partial charge in [0.25, 0.3) is 5.91 Å². The zero-order valence-corrected chi connectivity index (χ0v) is 10.7. The van der Waals surface area contributed by atoms with E-state index < -0.39 is 12.0 Å². The van der Waals surface area contributed by atoms with Crippen LogP contribution in [0.5, 0.6) is 0 Å². The number of carbonyl (C=O) groups is 3. The number of rotatable bonds is 3. The van der Waals surface area contributed by atoms with Crippen molar-refractivity contribution in [2.24, 2.45) is 0 Å². The summed E-state index contributed by atoms with van der Waals surface area (Å²) in [7, 11) is 0. The molecule has 0 spiro atoms. The number of carboxylic acids is 1. The van der Waals surface area contributed by atoms with Gasteiger partial charge in [0.2, 0.25) is 0 Å². The highest BCUT2D eigenvalue weighted by Gasteiger charge is 2.34. The first-order chi connectivity index (χ1) is 8.50. The Balaban J connectivity index is 2.20. The summed E-state index contributed by atoms with van der Waals surface area (Å²) in [6.45, 7) is 1.90. The minimum absolute atomic E-state index is 0.0958. The minimum Gasteiger partial charge on any atom is -0.480 e. The second-order valence-electron chi connectivity index (χ2n) is 4.25. The maximum absolute atomic E-state index is 12.2. The van der Waals surface area contributed by atoms with E-state index >= 15 is 0 Å². The van der Waals surface area contributed by atoms with Crippen molar-refractivity contribution in [3.63, 3.8) is 0 Å². The number of ketones is 1. The Morgan fingerprint density at radius 3 is 2.72 bits per heavy atom. The summed E-state index contributed by atoms with van der Waals surface area (Å²) in [6, 6.07) is 0.799. The average molecular weight is 267 g/mol. The standard InChI is InChI=1S/C12H13NO4S/c1-7(14)8-5-10(18-6-8)11(15)13-4-2-3-9(13)12(16)17/h5-6,9H,2-4H2,1H3,(H,16,17). The maximum atomic E-state index is 12.2. The largest absolute Gasteiger partial charge is 0.480 e.